The Balaban J connectivity index is 2.06. The van der Waals surface area contributed by atoms with Gasteiger partial charge in [0, 0.05) is 22.5 Å². The molecule has 112 valence electrons. The smallest absolute Gasteiger partial charge is 0.308 e. The van der Waals surface area contributed by atoms with Crippen molar-refractivity contribution in [1.82, 2.24) is 4.90 Å². The number of carbonyl (C=O) groups is 2. The number of nitrogens with zero attached hydrogens (tertiary/aromatic N) is 1. The summed E-state index contributed by atoms with van der Waals surface area (Å²) in [5.74, 6) is -2.26. The lowest BCUT2D eigenvalue weighted by Gasteiger charge is -2.40. The quantitative estimate of drug-likeness (QED) is 0.906. The molecule has 6 heteroatoms. The molecule has 0 radical (unpaired) electrons. The van der Waals surface area contributed by atoms with Gasteiger partial charge in [-0.1, -0.05) is 22.0 Å². The Bertz CT molecular complexity index is 603. The van der Waals surface area contributed by atoms with Gasteiger partial charge < -0.3 is 10.0 Å². The minimum Gasteiger partial charge on any atom is -0.481 e. The van der Waals surface area contributed by atoms with E-state index < -0.39 is 23.7 Å². The number of amides is 1. The van der Waals surface area contributed by atoms with Crippen LogP contribution in [-0.2, 0) is 9.59 Å². The molecule has 1 saturated heterocycles. The fourth-order valence-electron chi connectivity index (χ4n) is 3.06. The van der Waals surface area contributed by atoms with Crippen LogP contribution in [0.4, 0.5) is 4.39 Å². The summed E-state index contributed by atoms with van der Waals surface area (Å²) in [7, 11) is 0. The maximum Gasteiger partial charge on any atom is 0.308 e. The first-order valence-corrected chi connectivity index (χ1v) is 7.77. The summed E-state index contributed by atoms with van der Waals surface area (Å²) in [6, 6.07) is 3.94. The predicted molar refractivity (Wildman–Crippen MR) is 77.1 cm³/mol. The van der Waals surface area contributed by atoms with Crippen molar-refractivity contribution in [3.63, 3.8) is 0 Å². The Kier molecular flexibility index (Phi) is 3.73. The summed E-state index contributed by atoms with van der Waals surface area (Å²) in [5.41, 5.74) is 0.297. The van der Waals surface area contributed by atoms with Crippen molar-refractivity contribution >= 4 is 27.8 Å². The zero-order valence-corrected chi connectivity index (χ0v) is 12.8. The molecule has 0 spiro atoms. The third-order valence-electron chi connectivity index (χ3n) is 4.18. The van der Waals surface area contributed by atoms with Gasteiger partial charge in [0.2, 0.25) is 5.91 Å². The molecule has 1 saturated carbocycles. The van der Waals surface area contributed by atoms with Gasteiger partial charge in [0.05, 0.1) is 12.0 Å². The van der Waals surface area contributed by atoms with E-state index in [1.807, 2.05) is 0 Å². The van der Waals surface area contributed by atoms with Crippen LogP contribution in [0.1, 0.15) is 37.3 Å². The van der Waals surface area contributed by atoms with Crippen molar-refractivity contribution in [3.05, 3.63) is 34.1 Å². The lowest BCUT2D eigenvalue weighted by atomic mass is 9.84. The zero-order valence-electron chi connectivity index (χ0n) is 11.3. The monoisotopic (exact) mass is 355 g/mol. The van der Waals surface area contributed by atoms with E-state index in [1.165, 1.54) is 6.07 Å². The van der Waals surface area contributed by atoms with Gasteiger partial charge in [-0.25, -0.2) is 4.39 Å². The van der Waals surface area contributed by atoms with Crippen molar-refractivity contribution in [2.45, 2.75) is 37.8 Å². The SMILES string of the molecule is O=C(O)C1CCC(=O)N(C2CC2)C1c1ccc(Br)cc1F. The molecule has 1 aliphatic heterocycles. The second-order valence-corrected chi connectivity index (χ2v) is 6.54. The number of carboxylic acids is 1. The van der Waals surface area contributed by atoms with Crippen LogP contribution in [0.25, 0.3) is 0 Å². The van der Waals surface area contributed by atoms with Gasteiger partial charge in [-0.3, -0.25) is 9.59 Å². The average molecular weight is 356 g/mol. The summed E-state index contributed by atoms with van der Waals surface area (Å²) < 4.78 is 14.9. The lowest BCUT2D eigenvalue weighted by molar-refractivity contribution is -0.152. The molecule has 0 bridgehead atoms. The first kappa shape index (κ1) is 14.5. The van der Waals surface area contributed by atoms with E-state index in [4.69, 9.17) is 0 Å². The highest BCUT2D eigenvalue weighted by Gasteiger charge is 2.47. The lowest BCUT2D eigenvalue weighted by Crippen LogP contribution is -2.46. The first-order chi connectivity index (χ1) is 9.99. The van der Waals surface area contributed by atoms with Gasteiger partial charge in [-0.15, -0.1) is 0 Å². The first-order valence-electron chi connectivity index (χ1n) is 6.98. The van der Waals surface area contributed by atoms with Crippen molar-refractivity contribution in [2.75, 3.05) is 0 Å². The highest BCUT2D eigenvalue weighted by Crippen LogP contribution is 2.44. The summed E-state index contributed by atoms with van der Waals surface area (Å²) in [6.45, 7) is 0. The van der Waals surface area contributed by atoms with Crippen molar-refractivity contribution in [1.29, 1.82) is 0 Å². The van der Waals surface area contributed by atoms with Crippen LogP contribution in [0.3, 0.4) is 0 Å². The Morgan fingerprint density at radius 3 is 2.62 bits per heavy atom. The molecule has 1 amide bonds. The second kappa shape index (κ2) is 5.40. The fraction of sp³-hybridized carbons (Fsp3) is 0.467. The molecule has 21 heavy (non-hydrogen) atoms. The number of benzene rings is 1. The minimum atomic E-state index is -0.972. The molecule has 4 nitrogen and oxygen atoms in total. The van der Waals surface area contributed by atoms with Gasteiger partial charge >= 0.3 is 5.97 Å². The normalized spacial score (nSPS) is 26.0. The number of rotatable bonds is 3. The molecule has 2 unspecified atom stereocenters. The predicted octanol–water partition coefficient (Wildman–Crippen LogP) is 3.11. The van der Waals surface area contributed by atoms with Crippen LogP contribution in [0.5, 0.6) is 0 Å². The number of aliphatic carboxylic acids is 1. The molecule has 1 N–H and O–H groups in total. The van der Waals surface area contributed by atoms with Gasteiger partial charge in [0.15, 0.2) is 0 Å². The summed E-state index contributed by atoms with van der Waals surface area (Å²) >= 11 is 3.20. The van der Waals surface area contributed by atoms with Crippen LogP contribution in [0, 0.1) is 11.7 Å². The largest absolute Gasteiger partial charge is 0.481 e. The third kappa shape index (κ3) is 2.69. The molecule has 3 rings (SSSR count). The molecule has 2 aliphatic rings. The number of carboxylic acid groups (broad SMARTS) is 1. The number of likely N-dealkylation sites (tertiary alicyclic amines) is 1. The van der Waals surface area contributed by atoms with E-state index in [2.05, 4.69) is 15.9 Å². The van der Waals surface area contributed by atoms with Crippen LogP contribution in [0.2, 0.25) is 0 Å². The molecule has 1 aliphatic carbocycles. The van der Waals surface area contributed by atoms with Crippen LogP contribution >= 0.6 is 15.9 Å². The van der Waals surface area contributed by atoms with Gasteiger partial charge in [0.25, 0.3) is 0 Å². The molecule has 1 aromatic rings. The number of hydrogen-bond acceptors (Lipinski definition) is 2. The fourth-order valence-corrected chi connectivity index (χ4v) is 3.40. The minimum absolute atomic E-state index is 0.0627. The van der Waals surface area contributed by atoms with Crippen molar-refractivity contribution < 1.29 is 19.1 Å². The number of carbonyl (C=O) groups excluding carboxylic acids is 1. The maximum atomic E-state index is 14.3. The molecule has 1 aromatic carbocycles. The van der Waals surface area contributed by atoms with E-state index >= 15 is 0 Å². The highest BCUT2D eigenvalue weighted by atomic mass is 79.9. The van der Waals surface area contributed by atoms with Crippen molar-refractivity contribution in [3.8, 4) is 0 Å². The van der Waals surface area contributed by atoms with Gasteiger partial charge in [-0.2, -0.15) is 0 Å². The van der Waals surface area contributed by atoms with E-state index in [-0.39, 0.29) is 24.8 Å². The highest BCUT2D eigenvalue weighted by molar-refractivity contribution is 9.10. The maximum absolute atomic E-state index is 14.3. The average Bonchev–Trinajstić information content (AvgIpc) is 3.22. The Morgan fingerprint density at radius 1 is 1.33 bits per heavy atom. The number of halogens is 2. The third-order valence-corrected chi connectivity index (χ3v) is 4.67. The van der Waals surface area contributed by atoms with Crippen molar-refractivity contribution in [2.24, 2.45) is 5.92 Å². The summed E-state index contributed by atoms with van der Waals surface area (Å²) in [4.78, 5) is 25.4. The summed E-state index contributed by atoms with van der Waals surface area (Å²) in [5, 5.41) is 9.45. The number of piperidine rings is 1. The molecular weight excluding hydrogens is 341 g/mol. The van der Waals surface area contributed by atoms with E-state index in [0.29, 0.717) is 10.0 Å². The van der Waals surface area contributed by atoms with Gasteiger partial charge in [-0.05, 0) is 31.4 Å². The van der Waals surface area contributed by atoms with E-state index in [1.54, 1.807) is 17.0 Å². The zero-order chi connectivity index (χ0) is 15.1. The topological polar surface area (TPSA) is 57.6 Å². The van der Waals surface area contributed by atoms with Crippen LogP contribution in [-0.4, -0.2) is 27.9 Å². The molecule has 1 heterocycles. The number of hydrogen-bond donors (Lipinski definition) is 1. The standard InChI is InChI=1S/C15H15BrFNO3/c16-8-1-4-10(12(17)7-8)14-11(15(20)21)5-6-13(19)18(14)9-2-3-9/h1,4,7,9,11,14H,2-3,5-6H2,(H,20,21). The van der Waals surface area contributed by atoms with Gasteiger partial charge in [0.1, 0.15) is 5.82 Å². The summed E-state index contributed by atoms with van der Waals surface area (Å²) in [6.07, 6.45) is 2.22. The van der Waals surface area contributed by atoms with E-state index in [9.17, 15) is 19.1 Å². The van der Waals surface area contributed by atoms with E-state index in [0.717, 1.165) is 12.8 Å². The Morgan fingerprint density at radius 2 is 2.05 bits per heavy atom. The molecule has 2 atom stereocenters. The molecule has 2 fully saturated rings. The Hall–Kier alpha value is -1.43. The second-order valence-electron chi connectivity index (χ2n) is 5.63. The van der Waals surface area contributed by atoms with Crippen LogP contribution < -0.4 is 0 Å². The molecule has 0 aromatic heterocycles. The Labute approximate surface area is 130 Å². The van der Waals surface area contributed by atoms with Crippen LogP contribution in [0.15, 0.2) is 22.7 Å². The molecular formula is C15H15BrFNO3.